The number of hydrogen-bond donors (Lipinski definition) is 1. The molecule has 2 aromatic rings. The average Bonchev–Trinajstić information content (AvgIpc) is 2.87. The maximum atomic E-state index is 12.1. The summed E-state index contributed by atoms with van der Waals surface area (Å²) >= 11 is 0. The molecule has 0 spiro atoms. The topological polar surface area (TPSA) is 66.5 Å². The van der Waals surface area contributed by atoms with Crippen molar-refractivity contribution in [3.63, 3.8) is 0 Å². The van der Waals surface area contributed by atoms with Gasteiger partial charge in [0, 0.05) is 24.1 Å². The van der Waals surface area contributed by atoms with Crippen molar-refractivity contribution < 1.29 is 14.4 Å². The second kappa shape index (κ2) is 5.81. The van der Waals surface area contributed by atoms with Crippen molar-refractivity contribution in [2.45, 2.75) is 12.8 Å². The number of para-hydroxylation sites is 1. The number of hydrogen-bond acceptors (Lipinski definition) is 3. The molecule has 0 bridgehead atoms. The fourth-order valence-electron chi connectivity index (χ4n) is 2.35. The van der Waals surface area contributed by atoms with Crippen LogP contribution in [-0.2, 0) is 9.59 Å². The van der Waals surface area contributed by atoms with Crippen LogP contribution in [0.1, 0.15) is 23.2 Å². The number of benzene rings is 2. The normalized spacial score (nSPS) is 14.3. The Morgan fingerprint density at radius 1 is 0.864 bits per heavy atom. The third kappa shape index (κ3) is 2.74. The summed E-state index contributed by atoms with van der Waals surface area (Å²) < 4.78 is 0. The first kappa shape index (κ1) is 14.0. The van der Waals surface area contributed by atoms with Crippen LogP contribution in [0.25, 0.3) is 0 Å². The lowest BCUT2D eigenvalue weighted by Gasteiger charge is -2.14. The average molecular weight is 294 g/mol. The highest BCUT2D eigenvalue weighted by atomic mass is 16.2. The van der Waals surface area contributed by atoms with Crippen LogP contribution in [0.4, 0.5) is 11.4 Å². The van der Waals surface area contributed by atoms with Gasteiger partial charge < -0.3 is 5.32 Å². The number of anilines is 2. The van der Waals surface area contributed by atoms with Gasteiger partial charge >= 0.3 is 0 Å². The molecule has 0 saturated carbocycles. The largest absolute Gasteiger partial charge is 0.322 e. The minimum atomic E-state index is -0.239. The second-order valence-electron chi connectivity index (χ2n) is 4.99. The molecule has 5 heteroatoms. The third-order valence-electron chi connectivity index (χ3n) is 3.47. The van der Waals surface area contributed by atoms with Gasteiger partial charge in [-0.05, 0) is 36.4 Å². The summed E-state index contributed by atoms with van der Waals surface area (Å²) in [6, 6.07) is 15.6. The SMILES string of the molecule is O=C(Nc1ccccc1)c1ccc(N2C(=O)CCC2=O)cc1. The molecular formula is C17H14N2O3. The number of rotatable bonds is 3. The van der Waals surface area contributed by atoms with Gasteiger partial charge in [0.15, 0.2) is 0 Å². The molecule has 22 heavy (non-hydrogen) atoms. The van der Waals surface area contributed by atoms with E-state index in [2.05, 4.69) is 5.32 Å². The first-order chi connectivity index (χ1) is 10.6. The summed E-state index contributed by atoms with van der Waals surface area (Å²) in [5.74, 6) is -0.644. The minimum absolute atomic E-state index is 0.202. The van der Waals surface area contributed by atoms with Crippen LogP contribution in [0.15, 0.2) is 54.6 Å². The van der Waals surface area contributed by atoms with Crippen LogP contribution in [-0.4, -0.2) is 17.7 Å². The van der Waals surface area contributed by atoms with Crippen molar-refractivity contribution in [3.8, 4) is 0 Å². The highest BCUT2D eigenvalue weighted by Crippen LogP contribution is 2.23. The van der Waals surface area contributed by atoms with Gasteiger partial charge in [0.25, 0.3) is 5.91 Å². The number of nitrogens with one attached hydrogen (secondary N) is 1. The zero-order chi connectivity index (χ0) is 15.5. The van der Waals surface area contributed by atoms with E-state index in [0.29, 0.717) is 16.9 Å². The lowest BCUT2D eigenvalue weighted by atomic mass is 10.1. The van der Waals surface area contributed by atoms with Crippen LogP contribution >= 0.6 is 0 Å². The van der Waals surface area contributed by atoms with Crippen molar-refractivity contribution in [3.05, 3.63) is 60.2 Å². The van der Waals surface area contributed by atoms with Crippen molar-refractivity contribution in [2.24, 2.45) is 0 Å². The molecule has 2 aromatic carbocycles. The fraction of sp³-hybridized carbons (Fsp3) is 0.118. The zero-order valence-corrected chi connectivity index (χ0v) is 11.8. The van der Waals surface area contributed by atoms with Crippen molar-refractivity contribution in [1.29, 1.82) is 0 Å². The fourth-order valence-corrected chi connectivity index (χ4v) is 2.35. The lowest BCUT2D eigenvalue weighted by molar-refractivity contribution is -0.121. The molecule has 0 unspecified atom stereocenters. The molecule has 110 valence electrons. The molecule has 1 aliphatic rings. The Bertz CT molecular complexity index is 707. The summed E-state index contributed by atoms with van der Waals surface area (Å²) in [4.78, 5) is 36.6. The van der Waals surface area contributed by atoms with Crippen LogP contribution < -0.4 is 10.2 Å². The molecule has 1 aliphatic heterocycles. The predicted octanol–water partition coefficient (Wildman–Crippen LogP) is 2.59. The highest BCUT2D eigenvalue weighted by molar-refractivity contribution is 6.20. The molecule has 1 fully saturated rings. The molecule has 5 nitrogen and oxygen atoms in total. The Hall–Kier alpha value is -2.95. The van der Waals surface area contributed by atoms with Gasteiger partial charge in [0.2, 0.25) is 11.8 Å². The maximum absolute atomic E-state index is 12.1. The summed E-state index contributed by atoms with van der Waals surface area (Å²) in [7, 11) is 0. The predicted molar refractivity (Wildman–Crippen MR) is 82.6 cm³/mol. The summed E-state index contributed by atoms with van der Waals surface area (Å²) in [5, 5.41) is 2.78. The minimum Gasteiger partial charge on any atom is -0.322 e. The molecular weight excluding hydrogens is 280 g/mol. The summed E-state index contributed by atoms with van der Waals surface area (Å²) in [5.41, 5.74) is 1.68. The molecule has 0 aromatic heterocycles. The molecule has 0 aliphatic carbocycles. The smallest absolute Gasteiger partial charge is 0.255 e. The first-order valence-corrected chi connectivity index (χ1v) is 6.97. The Balaban J connectivity index is 1.75. The van der Waals surface area contributed by atoms with Gasteiger partial charge in [-0.3, -0.25) is 19.3 Å². The first-order valence-electron chi connectivity index (χ1n) is 6.97. The molecule has 1 N–H and O–H groups in total. The van der Waals surface area contributed by atoms with Gasteiger partial charge in [0.1, 0.15) is 0 Å². The van der Waals surface area contributed by atoms with Crippen LogP contribution in [0, 0.1) is 0 Å². The van der Waals surface area contributed by atoms with Gasteiger partial charge in [0.05, 0.1) is 5.69 Å². The summed E-state index contributed by atoms with van der Waals surface area (Å²) in [6.45, 7) is 0. The van der Waals surface area contributed by atoms with E-state index in [1.54, 1.807) is 36.4 Å². The van der Waals surface area contributed by atoms with E-state index < -0.39 is 0 Å². The van der Waals surface area contributed by atoms with Gasteiger partial charge in [-0.15, -0.1) is 0 Å². The third-order valence-corrected chi connectivity index (χ3v) is 3.47. The van der Waals surface area contributed by atoms with E-state index in [0.717, 1.165) is 0 Å². The Morgan fingerprint density at radius 2 is 1.45 bits per heavy atom. The van der Waals surface area contributed by atoms with Gasteiger partial charge in [-0.25, -0.2) is 0 Å². The van der Waals surface area contributed by atoms with E-state index in [-0.39, 0.29) is 30.6 Å². The monoisotopic (exact) mass is 294 g/mol. The molecule has 0 radical (unpaired) electrons. The quantitative estimate of drug-likeness (QED) is 0.885. The number of nitrogens with zero attached hydrogens (tertiary/aromatic N) is 1. The van der Waals surface area contributed by atoms with E-state index >= 15 is 0 Å². The number of imide groups is 1. The molecule has 1 saturated heterocycles. The van der Waals surface area contributed by atoms with Crippen LogP contribution in [0.2, 0.25) is 0 Å². The Morgan fingerprint density at radius 3 is 2.05 bits per heavy atom. The summed E-state index contributed by atoms with van der Waals surface area (Å²) in [6.07, 6.45) is 0.490. The van der Waals surface area contributed by atoms with Crippen LogP contribution in [0.5, 0.6) is 0 Å². The van der Waals surface area contributed by atoms with Crippen molar-refractivity contribution in [2.75, 3.05) is 10.2 Å². The van der Waals surface area contributed by atoms with E-state index in [1.807, 2.05) is 18.2 Å². The maximum Gasteiger partial charge on any atom is 0.255 e. The lowest BCUT2D eigenvalue weighted by Crippen LogP contribution is -2.28. The van der Waals surface area contributed by atoms with E-state index in [9.17, 15) is 14.4 Å². The molecule has 3 amide bonds. The Kier molecular flexibility index (Phi) is 3.70. The molecule has 0 atom stereocenters. The van der Waals surface area contributed by atoms with E-state index in [4.69, 9.17) is 0 Å². The van der Waals surface area contributed by atoms with Gasteiger partial charge in [-0.2, -0.15) is 0 Å². The molecule has 1 heterocycles. The van der Waals surface area contributed by atoms with Crippen molar-refractivity contribution in [1.82, 2.24) is 0 Å². The van der Waals surface area contributed by atoms with Crippen LogP contribution in [0.3, 0.4) is 0 Å². The highest BCUT2D eigenvalue weighted by Gasteiger charge is 2.30. The zero-order valence-electron chi connectivity index (χ0n) is 11.8. The standard InChI is InChI=1S/C17H14N2O3/c20-15-10-11-16(21)19(15)14-8-6-12(7-9-14)17(22)18-13-4-2-1-3-5-13/h1-9H,10-11H2,(H,18,22). The molecule has 3 rings (SSSR count). The van der Waals surface area contributed by atoms with Gasteiger partial charge in [-0.1, -0.05) is 18.2 Å². The number of carbonyl (C=O) groups excluding carboxylic acids is 3. The van der Waals surface area contributed by atoms with E-state index in [1.165, 1.54) is 4.90 Å². The number of carbonyl (C=O) groups is 3. The van der Waals surface area contributed by atoms with Crippen molar-refractivity contribution >= 4 is 29.1 Å². The Labute approximate surface area is 127 Å². The second-order valence-corrected chi connectivity index (χ2v) is 4.99. The number of amides is 3.